The van der Waals surface area contributed by atoms with Crippen molar-refractivity contribution in [2.24, 2.45) is 5.73 Å². The summed E-state index contributed by atoms with van der Waals surface area (Å²) in [6.45, 7) is 7.20. The number of hydrogen-bond acceptors (Lipinski definition) is 2. The summed E-state index contributed by atoms with van der Waals surface area (Å²) in [5, 5.41) is 3.25. The van der Waals surface area contributed by atoms with Crippen LogP contribution >= 0.6 is 0 Å². The third-order valence-electron chi connectivity index (χ3n) is 2.93. The van der Waals surface area contributed by atoms with Gasteiger partial charge in [0.25, 0.3) is 0 Å². The second kappa shape index (κ2) is 5.29. The van der Waals surface area contributed by atoms with Crippen LogP contribution < -0.4 is 11.1 Å². The molecule has 0 amide bonds. The number of aryl methyl sites for hydroxylation is 1. The fourth-order valence-electron chi connectivity index (χ4n) is 1.79. The van der Waals surface area contributed by atoms with Crippen molar-refractivity contribution in [3.63, 3.8) is 0 Å². The standard InChI is InChI=1S/C13H22N2/c1-9(2)11-6-5-10(3)12(7-11)13(8-14)15-4/h5-7,9,13,15H,8,14H2,1-4H3. The molecule has 2 nitrogen and oxygen atoms in total. The third kappa shape index (κ3) is 2.80. The molecular formula is C13H22N2. The average Bonchev–Trinajstić information content (AvgIpc) is 2.22. The van der Waals surface area contributed by atoms with Gasteiger partial charge in [0.05, 0.1) is 0 Å². The largest absolute Gasteiger partial charge is 0.329 e. The van der Waals surface area contributed by atoms with Gasteiger partial charge in [-0.15, -0.1) is 0 Å². The maximum Gasteiger partial charge on any atom is 0.0444 e. The Hall–Kier alpha value is -0.860. The Morgan fingerprint density at radius 2 is 2.00 bits per heavy atom. The van der Waals surface area contributed by atoms with Crippen molar-refractivity contribution < 1.29 is 0 Å². The lowest BCUT2D eigenvalue weighted by Gasteiger charge is -2.19. The molecule has 0 aliphatic heterocycles. The summed E-state index contributed by atoms with van der Waals surface area (Å²) < 4.78 is 0. The van der Waals surface area contributed by atoms with Crippen molar-refractivity contribution >= 4 is 0 Å². The number of likely N-dealkylation sites (N-methyl/N-ethyl adjacent to an activating group) is 1. The zero-order valence-electron chi connectivity index (χ0n) is 10.2. The second-order valence-electron chi connectivity index (χ2n) is 4.35. The van der Waals surface area contributed by atoms with Gasteiger partial charge in [-0.3, -0.25) is 0 Å². The molecule has 3 N–H and O–H groups in total. The first-order valence-electron chi connectivity index (χ1n) is 5.58. The van der Waals surface area contributed by atoms with Crippen molar-refractivity contribution in [1.82, 2.24) is 5.32 Å². The highest BCUT2D eigenvalue weighted by Gasteiger charge is 2.11. The number of nitrogens with one attached hydrogen (secondary N) is 1. The quantitative estimate of drug-likeness (QED) is 0.793. The molecule has 1 unspecified atom stereocenters. The molecule has 0 spiro atoms. The minimum Gasteiger partial charge on any atom is -0.329 e. The van der Waals surface area contributed by atoms with E-state index in [1.165, 1.54) is 16.7 Å². The van der Waals surface area contributed by atoms with E-state index in [0.29, 0.717) is 12.5 Å². The van der Waals surface area contributed by atoms with Crippen LogP contribution in [0.1, 0.15) is 42.5 Å². The summed E-state index contributed by atoms with van der Waals surface area (Å²) in [7, 11) is 1.96. The molecule has 2 heteroatoms. The van der Waals surface area contributed by atoms with Crippen molar-refractivity contribution in [3.8, 4) is 0 Å². The fraction of sp³-hybridized carbons (Fsp3) is 0.538. The van der Waals surface area contributed by atoms with Crippen LogP contribution in [0, 0.1) is 6.92 Å². The van der Waals surface area contributed by atoms with Crippen LogP contribution in [-0.4, -0.2) is 13.6 Å². The van der Waals surface area contributed by atoms with Gasteiger partial charge in [-0.05, 0) is 36.6 Å². The van der Waals surface area contributed by atoms with Crippen molar-refractivity contribution in [2.45, 2.75) is 32.7 Å². The Morgan fingerprint density at radius 3 is 2.47 bits per heavy atom. The van der Waals surface area contributed by atoms with E-state index in [0.717, 1.165) is 0 Å². The van der Waals surface area contributed by atoms with Gasteiger partial charge >= 0.3 is 0 Å². The summed E-state index contributed by atoms with van der Waals surface area (Å²) in [6.07, 6.45) is 0. The van der Waals surface area contributed by atoms with E-state index in [1.54, 1.807) is 0 Å². The third-order valence-corrected chi connectivity index (χ3v) is 2.93. The van der Waals surface area contributed by atoms with Gasteiger partial charge in [0, 0.05) is 12.6 Å². The van der Waals surface area contributed by atoms with Crippen LogP contribution in [0.25, 0.3) is 0 Å². The molecule has 1 aromatic rings. The molecule has 1 atom stereocenters. The Morgan fingerprint density at radius 1 is 1.33 bits per heavy atom. The predicted molar refractivity (Wildman–Crippen MR) is 66.1 cm³/mol. The Balaban J connectivity index is 3.09. The summed E-state index contributed by atoms with van der Waals surface area (Å²) in [4.78, 5) is 0. The minimum atomic E-state index is 0.267. The van der Waals surface area contributed by atoms with E-state index >= 15 is 0 Å². The Bertz CT molecular complexity index is 314. The first kappa shape index (κ1) is 12.2. The topological polar surface area (TPSA) is 38.0 Å². The summed E-state index contributed by atoms with van der Waals surface area (Å²) in [5.41, 5.74) is 9.76. The van der Waals surface area contributed by atoms with Crippen LogP contribution in [0.3, 0.4) is 0 Å². The van der Waals surface area contributed by atoms with Gasteiger partial charge in [0.2, 0.25) is 0 Å². The van der Waals surface area contributed by atoms with E-state index in [1.807, 2.05) is 7.05 Å². The van der Waals surface area contributed by atoms with Gasteiger partial charge in [-0.25, -0.2) is 0 Å². The predicted octanol–water partition coefficient (Wildman–Crippen LogP) is 2.34. The molecule has 84 valence electrons. The lowest BCUT2D eigenvalue weighted by atomic mass is 9.94. The van der Waals surface area contributed by atoms with E-state index in [9.17, 15) is 0 Å². The molecule has 0 aliphatic rings. The Kier molecular flexibility index (Phi) is 4.30. The summed E-state index contributed by atoms with van der Waals surface area (Å²) in [5.74, 6) is 0.569. The summed E-state index contributed by atoms with van der Waals surface area (Å²) >= 11 is 0. The van der Waals surface area contributed by atoms with E-state index in [-0.39, 0.29) is 6.04 Å². The van der Waals surface area contributed by atoms with Gasteiger partial charge in [0.15, 0.2) is 0 Å². The van der Waals surface area contributed by atoms with Gasteiger partial charge in [-0.1, -0.05) is 32.0 Å². The zero-order valence-corrected chi connectivity index (χ0v) is 10.2. The van der Waals surface area contributed by atoms with Crippen molar-refractivity contribution in [1.29, 1.82) is 0 Å². The average molecular weight is 206 g/mol. The van der Waals surface area contributed by atoms with Crippen LogP contribution in [0.15, 0.2) is 18.2 Å². The molecule has 0 aliphatic carbocycles. The highest BCUT2D eigenvalue weighted by atomic mass is 14.9. The van der Waals surface area contributed by atoms with Crippen LogP contribution in [0.5, 0.6) is 0 Å². The monoisotopic (exact) mass is 206 g/mol. The van der Waals surface area contributed by atoms with E-state index in [2.05, 4.69) is 44.3 Å². The molecule has 0 fully saturated rings. The molecule has 0 heterocycles. The molecule has 0 radical (unpaired) electrons. The maximum absolute atomic E-state index is 5.75. The Labute approximate surface area is 92.9 Å². The lowest BCUT2D eigenvalue weighted by Crippen LogP contribution is -2.25. The van der Waals surface area contributed by atoms with Crippen LogP contribution in [0.2, 0.25) is 0 Å². The van der Waals surface area contributed by atoms with Crippen molar-refractivity contribution in [3.05, 3.63) is 34.9 Å². The SMILES string of the molecule is CNC(CN)c1cc(C(C)C)ccc1C. The van der Waals surface area contributed by atoms with Gasteiger partial charge in [-0.2, -0.15) is 0 Å². The first-order chi connectivity index (χ1) is 7.10. The van der Waals surface area contributed by atoms with Crippen molar-refractivity contribution in [2.75, 3.05) is 13.6 Å². The lowest BCUT2D eigenvalue weighted by molar-refractivity contribution is 0.601. The molecule has 0 saturated heterocycles. The molecule has 0 aromatic heterocycles. The number of nitrogens with two attached hydrogens (primary N) is 1. The molecule has 0 bridgehead atoms. The first-order valence-corrected chi connectivity index (χ1v) is 5.58. The summed E-state index contributed by atoms with van der Waals surface area (Å²) in [6, 6.07) is 6.93. The molecule has 1 rings (SSSR count). The number of benzene rings is 1. The molecule has 1 aromatic carbocycles. The second-order valence-corrected chi connectivity index (χ2v) is 4.35. The fourth-order valence-corrected chi connectivity index (χ4v) is 1.79. The minimum absolute atomic E-state index is 0.267. The van der Waals surface area contributed by atoms with E-state index < -0.39 is 0 Å². The zero-order chi connectivity index (χ0) is 11.4. The van der Waals surface area contributed by atoms with Gasteiger partial charge in [0.1, 0.15) is 0 Å². The highest BCUT2D eigenvalue weighted by molar-refractivity contribution is 5.35. The van der Waals surface area contributed by atoms with E-state index in [4.69, 9.17) is 5.73 Å². The number of rotatable bonds is 4. The van der Waals surface area contributed by atoms with Gasteiger partial charge < -0.3 is 11.1 Å². The normalized spacial score (nSPS) is 13.2. The van der Waals surface area contributed by atoms with Crippen LogP contribution in [-0.2, 0) is 0 Å². The highest BCUT2D eigenvalue weighted by Crippen LogP contribution is 2.22. The smallest absolute Gasteiger partial charge is 0.0444 e. The molecule has 15 heavy (non-hydrogen) atoms. The maximum atomic E-state index is 5.75. The number of hydrogen-bond donors (Lipinski definition) is 2. The molecular weight excluding hydrogens is 184 g/mol. The van der Waals surface area contributed by atoms with Crippen LogP contribution in [0.4, 0.5) is 0 Å². The molecule has 0 saturated carbocycles.